The molecule has 0 radical (unpaired) electrons. The molecule has 2 aromatic carbocycles. The number of thiazole rings is 1. The normalized spacial score (nSPS) is 19.5. The third-order valence-electron chi connectivity index (χ3n) is 6.22. The van der Waals surface area contributed by atoms with Gasteiger partial charge in [-0.25, -0.2) is 9.98 Å². The number of halogens is 1. The van der Waals surface area contributed by atoms with Gasteiger partial charge in [0.1, 0.15) is 6.10 Å². The highest BCUT2D eigenvalue weighted by Crippen LogP contribution is 2.34. The van der Waals surface area contributed by atoms with Crippen molar-refractivity contribution in [2.24, 2.45) is 4.99 Å². The van der Waals surface area contributed by atoms with Gasteiger partial charge in [-0.1, -0.05) is 42.5 Å². The van der Waals surface area contributed by atoms with Gasteiger partial charge in [-0.3, -0.25) is 10.3 Å². The lowest BCUT2D eigenvalue weighted by Crippen LogP contribution is -2.35. The van der Waals surface area contributed by atoms with Crippen LogP contribution in [0.5, 0.6) is 0 Å². The molecule has 0 aliphatic carbocycles. The number of rotatable bonds is 4. The number of amidine groups is 1. The van der Waals surface area contributed by atoms with E-state index in [-0.39, 0.29) is 6.10 Å². The Hall–Kier alpha value is -2.67. The van der Waals surface area contributed by atoms with Crippen LogP contribution in [0.1, 0.15) is 52.3 Å². The molecular formula is C26H27ClN4OS. The van der Waals surface area contributed by atoms with E-state index in [1.54, 1.807) is 11.3 Å². The van der Waals surface area contributed by atoms with Crippen molar-refractivity contribution in [2.75, 3.05) is 13.1 Å². The predicted octanol–water partition coefficient (Wildman–Crippen LogP) is 6.48. The van der Waals surface area contributed by atoms with Gasteiger partial charge in [0.25, 0.3) is 0 Å². The Balaban J connectivity index is 1.22. The molecule has 1 atom stereocenters. The largest absolute Gasteiger partial charge is 0.347 e. The fraction of sp³-hybridized carbons (Fsp3) is 0.308. The molecule has 3 aromatic rings. The Morgan fingerprint density at radius 3 is 2.73 bits per heavy atom. The SMILES string of the molecule is Cc1ccc(C)c(N=C(Cl)N2CCC(c3nc(C4=CC(c5ccccc5)ON4)cs3)CC2)c1. The lowest BCUT2D eigenvalue weighted by molar-refractivity contribution is 0.0510. The molecule has 1 N–H and O–H groups in total. The number of likely N-dealkylation sites (tertiary alicyclic amines) is 1. The van der Waals surface area contributed by atoms with Crippen molar-refractivity contribution in [3.63, 3.8) is 0 Å². The Morgan fingerprint density at radius 1 is 1.15 bits per heavy atom. The third-order valence-corrected chi connectivity index (χ3v) is 7.55. The minimum atomic E-state index is -0.0898. The second kappa shape index (κ2) is 9.67. The van der Waals surface area contributed by atoms with Gasteiger partial charge in [-0.15, -0.1) is 11.3 Å². The first-order valence-electron chi connectivity index (χ1n) is 11.3. The van der Waals surface area contributed by atoms with Crippen LogP contribution in [0.15, 0.2) is 65.0 Å². The summed E-state index contributed by atoms with van der Waals surface area (Å²) >= 11 is 8.33. The van der Waals surface area contributed by atoms with Crippen molar-refractivity contribution in [3.05, 3.63) is 87.4 Å². The molecule has 3 heterocycles. The maximum atomic E-state index is 6.60. The van der Waals surface area contributed by atoms with Crippen LogP contribution in [0.25, 0.3) is 5.70 Å². The Morgan fingerprint density at radius 2 is 1.94 bits per heavy atom. The van der Waals surface area contributed by atoms with E-state index < -0.39 is 0 Å². The van der Waals surface area contributed by atoms with Gasteiger partial charge in [0.15, 0.2) is 5.29 Å². The molecule has 1 aromatic heterocycles. The first-order chi connectivity index (χ1) is 16.1. The van der Waals surface area contributed by atoms with E-state index in [0.717, 1.165) is 54.1 Å². The van der Waals surface area contributed by atoms with E-state index in [0.29, 0.717) is 11.2 Å². The zero-order valence-corrected chi connectivity index (χ0v) is 20.4. The topological polar surface area (TPSA) is 49.8 Å². The van der Waals surface area contributed by atoms with Crippen molar-refractivity contribution in [3.8, 4) is 0 Å². The quantitative estimate of drug-likeness (QED) is 0.265. The fourth-order valence-corrected chi connectivity index (χ4v) is 5.46. The second-order valence-electron chi connectivity index (χ2n) is 8.63. The van der Waals surface area contributed by atoms with Crippen LogP contribution in [0.2, 0.25) is 0 Å². The van der Waals surface area contributed by atoms with Crippen LogP contribution >= 0.6 is 22.9 Å². The minimum Gasteiger partial charge on any atom is -0.347 e. The van der Waals surface area contributed by atoms with Crippen LogP contribution in [0.4, 0.5) is 5.69 Å². The first kappa shape index (κ1) is 22.1. The van der Waals surface area contributed by atoms with Crippen molar-refractivity contribution >= 4 is 39.6 Å². The summed E-state index contributed by atoms with van der Waals surface area (Å²) in [6.45, 7) is 5.90. The standard InChI is InChI=1S/C26H27ClN4OS/c1-17-8-9-18(2)21(14-17)29-26(27)31-12-10-20(11-13-31)25-28-23(16-33-25)22-15-24(32-30-22)19-6-4-3-5-7-19/h3-9,14-16,20,24,30H,10-13H2,1-2H3. The third kappa shape index (κ3) is 4.98. The smallest absolute Gasteiger partial charge is 0.199 e. The van der Waals surface area contributed by atoms with E-state index in [1.165, 1.54) is 10.6 Å². The number of hydroxylamine groups is 1. The number of nitrogens with zero attached hydrogens (tertiary/aromatic N) is 3. The summed E-state index contributed by atoms with van der Waals surface area (Å²) in [6.07, 6.45) is 4.04. The van der Waals surface area contributed by atoms with Crippen molar-refractivity contribution in [2.45, 2.75) is 38.7 Å². The molecule has 5 rings (SSSR count). The van der Waals surface area contributed by atoms with E-state index in [2.05, 4.69) is 66.0 Å². The summed E-state index contributed by atoms with van der Waals surface area (Å²) in [6, 6.07) is 16.5. The molecule has 170 valence electrons. The molecule has 0 bridgehead atoms. The zero-order valence-electron chi connectivity index (χ0n) is 18.8. The van der Waals surface area contributed by atoms with E-state index in [1.807, 2.05) is 18.2 Å². The average Bonchev–Trinajstić information content (AvgIpc) is 3.52. The fourth-order valence-electron chi connectivity index (χ4n) is 4.21. The Labute approximate surface area is 203 Å². The number of aromatic nitrogens is 1. The number of aryl methyl sites for hydroxylation is 2. The molecule has 1 saturated heterocycles. The average molecular weight is 479 g/mol. The molecule has 5 nitrogen and oxygen atoms in total. The molecule has 2 aliphatic rings. The molecule has 7 heteroatoms. The number of hydrogen-bond acceptors (Lipinski definition) is 5. The molecule has 0 amide bonds. The molecule has 2 aliphatic heterocycles. The van der Waals surface area contributed by atoms with Gasteiger partial charge in [-0.2, -0.15) is 0 Å². The van der Waals surface area contributed by atoms with Crippen LogP contribution in [-0.2, 0) is 4.84 Å². The number of benzene rings is 2. The highest BCUT2D eigenvalue weighted by molar-refractivity contribution is 7.09. The van der Waals surface area contributed by atoms with Crippen LogP contribution < -0.4 is 5.48 Å². The van der Waals surface area contributed by atoms with Crippen LogP contribution in [-0.4, -0.2) is 28.3 Å². The molecule has 0 spiro atoms. The van der Waals surface area contributed by atoms with E-state index in [4.69, 9.17) is 26.4 Å². The van der Waals surface area contributed by atoms with Crippen molar-refractivity contribution < 1.29 is 4.84 Å². The van der Waals surface area contributed by atoms with Crippen LogP contribution in [0.3, 0.4) is 0 Å². The predicted molar refractivity (Wildman–Crippen MR) is 136 cm³/mol. The highest BCUT2D eigenvalue weighted by Gasteiger charge is 2.26. The number of aliphatic imine (C=N–C) groups is 1. The van der Waals surface area contributed by atoms with Crippen molar-refractivity contribution in [1.29, 1.82) is 0 Å². The summed E-state index contributed by atoms with van der Waals surface area (Å²) in [5.74, 6) is 0.443. The second-order valence-corrected chi connectivity index (χ2v) is 9.86. The van der Waals surface area contributed by atoms with Crippen LogP contribution in [0, 0.1) is 13.8 Å². The summed E-state index contributed by atoms with van der Waals surface area (Å²) in [5.41, 5.74) is 9.34. The van der Waals surface area contributed by atoms with Gasteiger partial charge in [0, 0.05) is 24.4 Å². The molecule has 33 heavy (non-hydrogen) atoms. The minimum absolute atomic E-state index is 0.0898. The maximum Gasteiger partial charge on any atom is 0.199 e. The van der Waals surface area contributed by atoms with Gasteiger partial charge in [-0.05, 0) is 67.1 Å². The molecule has 1 fully saturated rings. The van der Waals surface area contributed by atoms with Gasteiger partial charge >= 0.3 is 0 Å². The monoisotopic (exact) mass is 478 g/mol. The summed E-state index contributed by atoms with van der Waals surface area (Å²) < 4.78 is 0. The molecule has 0 saturated carbocycles. The van der Waals surface area contributed by atoms with Crippen molar-refractivity contribution in [1.82, 2.24) is 15.4 Å². The Bertz CT molecular complexity index is 1180. The van der Waals surface area contributed by atoms with Gasteiger partial charge < -0.3 is 4.90 Å². The summed E-state index contributed by atoms with van der Waals surface area (Å²) in [4.78, 5) is 17.6. The van der Waals surface area contributed by atoms with Gasteiger partial charge in [0.2, 0.25) is 0 Å². The lowest BCUT2D eigenvalue weighted by atomic mass is 9.98. The lowest BCUT2D eigenvalue weighted by Gasteiger charge is -2.31. The number of piperidine rings is 1. The van der Waals surface area contributed by atoms with E-state index in [9.17, 15) is 0 Å². The summed E-state index contributed by atoms with van der Waals surface area (Å²) in [7, 11) is 0. The Kier molecular flexibility index (Phi) is 6.49. The maximum absolute atomic E-state index is 6.60. The first-order valence-corrected chi connectivity index (χ1v) is 12.5. The summed E-state index contributed by atoms with van der Waals surface area (Å²) in [5, 5.41) is 3.87. The highest BCUT2D eigenvalue weighted by atomic mass is 35.5. The number of nitrogens with one attached hydrogen (secondary N) is 1. The van der Waals surface area contributed by atoms with Gasteiger partial charge in [0.05, 0.1) is 22.1 Å². The molecular weight excluding hydrogens is 452 g/mol. The zero-order chi connectivity index (χ0) is 22.8. The molecule has 1 unspecified atom stereocenters. The van der Waals surface area contributed by atoms with E-state index >= 15 is 0 Å². The number of hydrogen-bond donors (Lipinski definition) is 1.